The van der Waals surface area contributed by atoms with Gasteiger partial charge in [-0.25, -0.2) is 17.9 Å². The second-order valence-corrected chi connectivity index (χ2v) is 8.87. The van der Waals surface area contributed by atoms with Gasteiger partial charge in [-0.05, 0) is 57.7 Å². The predicted molar refractivity (Wildman–Crippen MR) is 102 cm³/mol. The minimum atomic E-state index is -3.83. The van der Waals surface area contributed by atoms with E-state index in [0.29, 0.717) is 24.9 Å². The second-order valence-electron chi connectivity index (χ2n) is 7.19. The van der Waals surface area contributed by atoms with Crippen LogP contribution in [0.15, 0.2) is 32.7 Å². The summed E-state index contributed by atoms with van der Waals surface area (Å²) in [6.45, 7) is 5.91. The van der Waals surface area contributed by atoms with Gasteiger partial charge in [0.2, 0.25) is 10.0 Å². The molecule has 0 saturated heterocycles. The number of aliphatic hydroxyl groups is 1. The van der Waals surface area contributed by atoms with Crippen LogP contribution in [0.5, 0.6) is 0 Å². The van der Waals surface area contributed by atoms with Crippen molar-refractivity contribution in [2.45, 2.75) is 57.1 Å². The van der Waals surface area contributed by atoms with Crippen molar-refractivity contribution in [2.75, 3.05) is 6.61 Å². The third kappa shape index (κ3) is 3.35. The molecule has 1 saturated carbocycles. The standard InChI is InChI=1S/C18H25N3O5S/c1-4-20-15-7-6-13(10-14(15)16(23)21(5-2)17(20)24)27(25,26)19-18(3)11-12(18)8-9-22/h6-7,10,12,19,22H,4-5,8-9,11H2,1-3H3. The van der Waals surface area contributed by atoms with Gasteiger partial charge < -0.3 is 5.11 Å². The number of nitrogens with one attached hydrogen (secondary N) is 1. The molecule has 3 rings (SSSR count). The van der Waals surface area contributed by atoms with E-state index in [1.165, 1.54) is 22.8 Å². The fourth-order valence-corrected chi connectivity index (χ4v) is 5.18. The Morgan fingerprint density at radius 3 is 2.48 bits per heavy atom. The van der Waals surface area contributed by atoms with E-state index in [2.05, 4.69) is 4.72 Å². The molecule has 1 heterocycles. The highest BCUT2D eigenvalue weighted by molar-refractivity contribution is 7.89. The van der Waals surface area contributed by atoms with Crippen LogP contribution in [0.25, 0.3) is 10.9 Å². The smallest absolute Gasteiger partial charge is 0.331 e. The maximum atomic E-state index is 12.8. The Morgan fingerprint density at radius 2 is 1.89 bits per heavy atom. The third-order valence-corrected chi connectivity index (χ3v) is 7.00. The number of hydrogen-bond donors (Lipinski definition) is 2. The zero-order chi connectivity index (χ0) is 20.0. The minimum absolute atomic E-state index is 0.00747. The number of hydrogen-bond acceptors (Lipinski definition) is 5. The molecular weight excluding hydrogens is 370 g/mol. The number of rotatable bonds is 7. The molecule has 0 aliphatic heterocycles. The zero-order valence-corrected chi connectivity index (χ0v) is 16.5. The van der Waals surface area contributed by atoms with Crippen molar-refractivity contribution in [3.8, 4) is 0 Å². The summed E-state index contributed by atoms with van der Waals surface area (Å²) in [4.78, 5) is 25.1. The van der Waals surface area contributed by atoms with Crippen molar-refractivity contribution >= 4 is 20.9 Å². The summed E-state index contributed by atoms with van der Waals surface area (Å²) < 4.78 is 30.9. The molecule has 0 radical (unpaired) electrons. The minimum Gasteiger partial charge on any atom is -0.396 e. The van der Waals surface area contributed by atoms with Gasteiger partial charge in [-0.2, -0.15) is 0 Å². The number of fused-ring (bicyclic) bond motifs is 1. The lowest BCUT2D eigenvalue weighted by molar-refractivity contribution is 0.274. The molecule has 0 spiro atoms. The molecule has 1 aliphatic carbocycles. The summed E-state index contributed by atoms with van der Waals surface area (Å²) in [5.41, 5.74) is -1.05. The Morgan fingerprint density at radius 1 is 1.22 bits per heavy atom. The molecule has 2 atom stereocenters. The van der Waals surface area contributed by atoms with Gasteiger partial charge in [0, 0.05) is 25.2 Å². The van der Waals surface area contributed by atoms with Crippen LogP contribution >= 0.6 is 0 Å². The maximum Gasteiger partial charge on any atom is 0.331 e. The Balaban J connectivity index is 2.09. The van der Waals surface area contributed by atoms with E-state index in [1.54, 1.807) is 13.8 Å². The van der Waals surface area contributed by atoms with Gasteiger partial charge in [-0.3, -0.25) is 13.9 Å². The number of nitrogens with zero attached hydrogens (tertiary/aromatic N) is 2. The van der Waals surface area contributed by atoms with Gasteiger partial charge in [-0.1, -0.05) is 0 Å². The molecule has 0 amide bonds. The van der Waals surface area contributed by atoms with Crippen LogP contribution in [-0.4, -0.2) is 34.8 Å². The lowest BCUT2D eigenvalue weighted by Crippen LogP contribution is -2.40. The lowest BCUT2D eigenvalue weighted by Gasteiger charge is -2.16. The molecule has 27 heavy (non-hydrogen) atoms. The predicted octanol–water partition coefficient (Wildman–Crippen LogP) is 0.642. The van der Waals surface area contributed by atoms with Gasteiger partial charge in [0.15, 0.2) is 0 Å². The fraction of sp³-hybridized carbons (Fsp3) is 0.556. The summed E-state index contributed by atoms with van der Waals surface area (Å²) >= 11 is 0. The molecule has 1 aromatic carbocycles. The second kappa shape index (κ2) is 6.88. The first kappa shape index (κ1) is 19.8. The average Bonchev–Trinajstić information content (AvgIpc) is 3.23. The Kier molecular flexibility index (Phi) is 5.04. The highest BCUT2D eigenvalue weighted by Crippen LogP contribution is 2.46. The molecular formula is C18H25N3O5S. The number of sulfonamides is 1. The van der Waals surface area contributed by atoms with Crippen LogP contribution in [0, 0.1) is 5.92 Å². The largest absolute Gasteiger partial charge is 0.396 e. The number of aryl methyl sites for hydroxylation is 1. The van der Waals surface area contributed by atoms with Crippen LogP contribution in [0.2, 0.25) is 0 Å². The molecule has 148 valence electrons. The highest BCUT2D eigenvalue weighted by Gasteiger charge is 2.51. The Hall–Kier alpha value is -1.97. The first-order chi connectivity index (χ1) is 12.7. The zero-order valence-electron chi connectivity index (χ0n) is 15.7. The third-order valence-electron chi connectivity index (χ3n) is 5.40. The summed E-state index contributed by atoms with van der Waals surface area (Å²) in [5.74, 6) is 0.0975. The summed E-state index contributed by atoms with van der Waals surface area (Å²) in [6.07, 6.45) is 1.21. The van der Waals surface area contributed by atoms with Gasteiger partial charge in [0.1, 0.15) is 0 Å². The molecule has 0 bridgehead atoms. The van der Waals surface area contributed by atoms with Crippen molar-refractivity contribution in [1.29, 1.82) is 0 Å². The molecule has 9 heteroatoms. The van der Waals surface area contributed by atoms with Gasteiger partial charge >= 0.3 is 5.69 Å². The van der Waals surface area contributed by atoms with Gasteiger partial charge in [0.25, 0.3) is 5.56 Å². The SMILES string of the molecule is CCn1c(=O)c2cc(S(=O)(=O)NC3(C)CC3CCO)ccc2n(CC)c1=O. The molecule has 2 unspecified atom stereocenters. The average molecular weight is 395 g/mol. The lowest BCUT2D eigenvalue weighted by atomic mass is 10.2. The maximum absolute atomic E-state index is 12.8. The summed E-state index contributed by atoms with van der Waals surface area (Å²) in [6, 6.07) is 4.26. The van der Waals surface area contributed by atoms with Crippen molar-refractivity contribution in [1.82, 2.24) is 13.9 Å². The van der Waals surface area contributed by atoms with Crippen LogP contribution in [-0.2, 0) is 23.1 Å². The van der Waals surface area contributed by atoms with Crippen LogP contribution in [0.3, 0.4) is 0 Å². The normalized spacial score (nSPS) is 22.3. The van der Waals surface area contributed by atoms with Crippen molar-refractivity contribution in [2.24, 2.45) is 5.92 Å². The fourth-order valence-electron chi connectivity index (χ4n) is 3.67. The number of aromatic nitrogens is 2. The van der Waals surface area contributed by atoms with E-state index >= 15 is 0 Å². The quantitative estimate of drug-likeness (QED) is 0.715. The molecule has 1 aliphatic rings. The molecule has 1 fully saturated rings. The van der Waals surface area contributed by atoms with Crippen molar-refractivity contribution < 1.29 is 13.5 Å². The van der Waals surface area contributed by atoms with Crippen molar-refractivity contribution in [3.05, 3.63) is 39.0 Å². The van der Waals surface area contributed by atoms with Crippen LogP contribution < -0.4 is 16.0 Å². The monoisotopic (exact) mass is 395 g/mol. The van der Waals surface area contributed by atoms with Crippen LogP contribution in [0.4, 0.5) is 0 Å². The molecule has 2 N–H and O–H groups in total. The Labute approximate surface area is 157 Å². The summed E-state index contributed by atoms with van der Waals surface area (Å²) in [7, 11) is -3.83. The van der Waals surface area contributed by atoms with Gasteiger partial charge in [0.05, 0.1) is 15.8 Å². The highest BCUT2D eigenvalue weighted by atomic mass is 32.2. The Bertz CT molecular complexity index is 1100. The number of benzene rings is 1. The van der Waals surface area contributed by atoms with E-state index in [-0.39, 0.29) is 29.4 Å². The van der Waals surface area contributed by atoms with Crippen molar-refractivity contribution in [3.63, 3.8) is 0 Å². The van der Waals surface area contributed by atoms with Gasteiger partial charge in [-0.15, -0.1) is 0 Å². The molecule has 1 aromatic heterocycles. The molecule has 2 aromatic rings. The first-order valence-electron chi connectivity index (χ1n) is 9.10. The van der Waals surface area contributed by atoms with E-state index in [0.717, 1.165) is 4.57 Å². The topological polar surface area (TPSA) is 110 Å². The molecule has 8 nitrogen and oxygen atoms in total. The van der Waals surface area contributed by atoms with E-state index < -0.39 is 26.8 Å². The van der Waals surface area contributed by atoms with E-state index in [4.69, 9.17) is 5.11 Å². The van der Waals surface area contributed by atoms with E-state index in [9.17, 15) is 18.0 Å². The van der Waals surface area contributed by atoms with Crippen LogP contribution in [0.1, 0.15) is 33.6 Å². The summed E-state index contributed by atoms with van der Waals surface area (Å²) in [5, 5.41) is 9.25. The number of aliphatic hydroxyl groups excluding tert-OH is 1. The van der Waals surface area contributed by atoms with E-state index in [1.807, 2.05) is 6.92 Å². The first-order valence-corrected chi connectivity index (χ1v) is 10.6.